The third-order valence-electron chi connectivity index (χ3n) is 1.78. The van der Waals surface area contributed by atoms with Gasteiger partial charge in [0.15, 0.2) is 10.9 Å². The van der Waals surface area contributed by atoms with Gasteiger partial charge in [-0.25, -0.2) is 4.98 Å². The lowest BCUT2D eigenvalue weighted by Crippen LogP contribution is -1.72. The number of oxazole rings is 1. The van der Waals surface area contributed by atoms with E-state index in [-0.39, 0.29) is 0 Å². The van der Waals surface area contributed by atoms with Gasteiger partial charge in [0.1, 0.15) is 0 Å². The van der Waals surface area contributed by atoms with Crippen LogP contribution in [0.2, 0.25) is 5.15 Å². The summed E-state index contributed by atoms with van der Waals surface area (Å²) in [6.45, 7) is 0. The molecule has 0 radical (unpaired) electrons. The molecule has 2 aromatic rings. The molecular formula is C10H7BrClNO. The average molecular weight is 273 g/mol. The van der Waals surface area contributed by atoms with Crippen LogP contribution in [0.4, 0.5) is 0 Å². The van der Waals surface area contributed by atoms with E-state index in [1.165, 1.54) is 0 Å². The van der Waals surface area contributed by atoms with Crippen LogP contribution in [0.15, 0.2) is 34.7 Å². The molecule has 0 amide bonds. The number of rotatable bonds is 2. The molecule has 0 saturated heterocycles. The van der Waals surface area contributed by atoms with E-state index in [2.05, 4.69) is 20.9 Å². The standard InChI is InChI=1S/C10H7BrClNO/c11-6-8-13-10(12)9(14-8)7-4-2-1-3-5-7/h1-5H,6H2. The fraction of sp³-hybridized carbons (Fsp3) is 0.100. The molecule has 14 heavy (non-hydrogen) atoms. The Balaban J connectivity index is 2.46. The lowest BCUT2D eigenvalue weighted by atomic mass is 10.2. The zero-order valence-corrected chi connectivity index (χ0v) is 9.55. The van der Waals surface area contributed by atoms with E-state index < -0.39 is 0 Å². The maximum Gasteiger partial charge on any atom is 0.207 e. The van der Waals surface area contributed by atoms with Crippen LogP contribution in [0.5, 0.6) is 0 Å². The van der Waals surface area contributed by atoms with Gasteiger partial charge in [-0.2, -0.15) is 0 Å². The number of alkyl halides is 1. The molecule has 0 unspecified atom stereocenters. The zero-order chi connectivity index (χ0) is 9.97. The number of hydrogen-bond donors (Lipinski definition) is 0. The number of aromatic nitrogens is 1. The highest BCUT2D eigenvalue weighted by Gasteiger charge is 2.11. The van der Waals surface area contributed by atoms with Crippen LogP contribution in [0.3, 0.4) is 0 Å². The molecule has 0 spiro atoms. The molecule has 0 fully saturated rings. The van der Waals surface area contributed by atoms with Gasteiger partial charge in [0.2, 0.25) is 5.89 Å². The molecule has 2 rings (SSSR count). The summed E-state index contributed by atoms with van der Waals surface area (Å²) in [6.07, 6.45) is 0. The Morgan fingerprint density at radius 2 is 2.00 bits per heavy atom. The van der Waals surface area contributed by atoms with E-state index in [9.17, 15) is 0 Å². The molecule has 1 aromatic heterocycles. The second kappa shape index (κ2) is 4.15. The van der Waals surface area contributed by atoms with Crippen molar-refractivity contribution in [3.8, 4) is 11.3 Å². The molecule has 0 N–H and O–H groups in total. The number of benzene rings is 1. The summed E-state index contributed by atoms with van der Waals surface area (Å²) in [5.41, 5.74) is 0.942. The highest BCUT2D eigenvalue weighted by molar-refractivity contribution is 9.08. The van der Waals surface area contributed by atoms with Crippen molar-refractivity contribution in [2.75, 3.05) is 0 Å². The Hall–Kier alpha value is -0.800. The van der Waals surface area contributed by atoms with Crippen molar-refractivity contribution in [2.45, 2.75) is 5.33 Å². The van der Waals surface area contributed by atoms with Crippen LogP contribution < -0.4 is 0 Å². The van der Waals surface area contributed by atoms with Gasteiger partial charge in [-0.15, -0.1) is 0 Å². The molecule has 0 bridgehead atoms. The molecule has 1 heterocycles. The lowest BCUT2D eigenvalue weighted by molar-refractivity contribution is 0.531. The van der Waals surface area contributed by atoms with Crippen LogP contribution in [-0.4, -0.2) is 4.98 Å². The minimum absolute atomic E-state index is 0.408. The van der Waals surface area contributed by atoms with Crippen molar-refractivity contribution in [1.29, 1.82) is 0 Å². The SMILES string of the molecule is Clc1nc(CBr)oc1-c1ccccc1. The van der Waals surface area contributed by atoms with Gasteiger partial charge in [0.05, 0.1) is 5.33 Å². The molecule has 1 aromatic carbocycles. The first kappa shape index (κ1) is 9.74. The van der Waals surface area contributed by atoms with E-state index in [0.29, 0.717) is 22.1 Å². The summed E-state index contributed by atoms with van der Waals surface area (Å²) in [7, 11) is 0. The molecule has 4 heteroatoms. The lowest BCUT2D eigenvalue weighted by Gasteiger charge is -1.94. The fourth-order valence-electron chi connectivity index (χ4n) is 1.17. The predicted molar refractivity (Wildman–Crippen MR) is 59.6 cm³/mol. The van der Waals surface area contributed by atoms with Gasteiger partial charge in [-0.05, 0) is 0 Å². The second-order valence-corrected chi connectivity index (χ2v) is 3.65. The highest BCUT2D eigenvalue weighted by Crippen LogP contribution is 2.28. The Kier molecular flexibility index (Phi) is 2.89. The zero-order valence-electron chi connectivity index (χ0n) is 7.21. The summed E-state index contributed by atoms with van der Waals surface area (Å²) in [5.74, 6) is 1.22. The third-order valence-corrected chi connectivity index (χ3v) is 2.52. The fourth-order valence-corrected chi connectivity index (χ4v) is 1.65. The molecule has 0 aliphatic carbocycles. The molecule has 2 nitrogen and oxygen atoms in total. The van der Waals surface area contributed by atoms with E-state index in [1.54, 1.807) is 0 Å². The number of halogens is 2. The largest absolute Gasteiger partial charge is 0.438 e. The van der Waals surface area contributed by atoms with Gasteiger partial charge in [-0.3, -0.25) is 0 Å². The average Bonchev–Trinajstić information content (AvgIpc) is 2.61. The van der Waals surface area contributed by atoms with Crippen LogP contribution >= 0.6 is 27.5 Å². The summed E-state index contributed by atoms with van der Waals surface area (Å²) in [4.78, 5) is 4.06. The van der Waals surface area contributed by atoms with Crippen molar-refractivity contribution in [2.24, 2.45) is 0 Å². The van der Waals surface area contributed by atoms with E-state index >= 15 is 0 Å². The first-order chi connectivity index (χ1) is 6.81. The van der Waals surface area contributed by atoms with Crippen molar-refractivity contribution in [3.05, 3.63) is 41.4 Å². The van der Waals surface area contributed by atoms with E-state index in [1.807, 2.05) is 30.3 Å². The monoisotopic (exact) mass is 271 g/mol. The van der Waals surface area contributed by atoms with Gasteiger partial charge >= 0.3 is 0 Å². The second-order valence-electron chi connectivity index (χ2n) is 2.73. The minimum atomic E-state index is 0.408. The molecule has 0 saturated carbocycles. The van der Waals surface area contributed by atoms with Crippen molar-refractivity contribution in [3.63, 3.8) is 0 Å². The normalized spacial score (nSPS) is 10.4. The Labute approximate surface area is 95.0 Å². The smallest absolute Gasteiger partial charge is 0.207 e. The van der Waals surface area contributed by atoms with E-state index in [4.69, 9.17) is 16.0 Å². The van der Waals surface area contributed by atoms with Crippen LogP contribution in [-0.2, 0) is 5.33 Å². The summed E-state index contributed by atoms with van der Waals surface area (Å²) >= 11 is 9.20. The molecule has 72 valence electrons. The quantitative estimate of drug-likeness (QED) is 0.775. The predicted octanol–water partition coefficient (Wildman–Crippen LogP) is 3.89. The summed E-state index contributed by atoms with van der Waals surface area (Å²) < 4.78 is 5.46. The van der Waals surface area contributed by atoms with Gasteiger partial charge in [0, 0.05) is 5.56 Å². The van der Waals surface area contributed by atoms with Crippen molar-refractivity contribution in [1.82, 2.24) is 4.98 Å². The molecular weight excluding hydrogens is 265 g/mol. The van der Waals surface area contributed by atoms with Crippen LogP contribution in [0.1, 0.15) is 5.89 Å². The summed E-state index contributed by atoms with van der Waals surface area (Å²) in [6, 6.07) is 9.68. The molecule has 0 atom stereocenters. The molecule has 0 aliphatic rings. The van der Waals surface area contributed by atoms with Crippen molar-refractivity contribution < 1.29 is 4.42 Å². The Morgan fingerprint density at radius 3 is 2.57 bits per heavy atom. The highest BCUT2D eigenvalue weighted by atomic mass is 79.9. The van der Waals surface area contributed by atoms with E-state index in [0.717, 1.165) is 5.56 Å². The first-order valence-electron chi connectivity index (χ1n) is 4.08. The van der Waals surface area contributed by atoms with Crippen LogP contribution in [0.25, 0.3) is 11.3 Å². The summed E-state index contributed by atoms with van der Waals surface area (Å²) in [5, 5.41) is 0.977. The maximum atomic E-state index is 5.93. The minimum Gasteiger partial charge on any atom is -0.438 e. The Morgan fingerprint density at radius 1 is 1.29 bits per heavy atom. The van der Waals surface area contributed by atoms with Gasteiger partial charge in [-0.1, -0.05) is 57.9 Å². The van der Waals surface area contributed by atoms with Gasteiger partial charge in [0.25, 0.3) is 0 Å². The Bertz CT molecular complexity index is 427. The van der Waals surface area contributed by atoms with Gasteiger partial charge < -0.3 is 4.42 Å². The number of nitrogens with zero attached hydrogens (tertiary/aromatic N) is 1. The number of hydrogen-bond acceptors (Lipinski definition) is 2. The van der Waals surface area contributed by atoms with Crippen molar-refractivity contribution >= 4 is 27.5 Å². The molecule has 0 aliphatic heterocycles. The third kappa shape index (κ3) is 1.83. The maximum absolute atomic E-state index is 5.93. The van der Waals surface area contributed by atoms with Crippen LogP contribution in [0, 0.1) is 0 Å². The topological polar surface area (TPSA) is 26.0 Å². The first-order valence-corrected chi connectivity index (χ1v) is 5.58.